The van der Waals surface area contributed by atoms with Gasteiger partial charge in [0.05, 0.1) is 28.5 Å². The molecule has 1 unspecified atom stereocenters. The monoisotopic (exact) mass is 528 g/mol. The van der Waals surface area contributed by atoms with E-state index in [9.17, 15) is 9.59 Å². The number of nitrogens with zero attached hydrogens (tertiary/aromatic N) is 2. The van der Waals surface area contributed by atoms with Crippen molar-refractivity contribution in [2.75, 3.05) is 12.9 Å². The van der Waals surface area contributed by atoms with E-state index >= 15 is 0 Å². The van der Waals surface area contributed by atoms with Crippen LogP contribution in [-0.4, -0.2) is 23.4 Å². The number of halogens is 1. The van der Waals surface area contributed by atoms with Crippen molar-refractivity contribution >= 4 is 51.1 Å². The summed E-state index contributed by atoms with van der Waals surface area (Å²) in [4.78, 5) is 32.7. The maximum absolute atomic E-state index is 13.5. The molecular weight excluding hydrogens is 508 g/mol. The number of hydrogen-bond donors (Lipinski definition) is 0. The molecule has 0 saturated carbocycles. The van der Waals surface area contributed by atoms with Crippen molar-refractivity contribution in [3.63, 3.8) is 0 Å². The zero-order valence-corrected chi connectivity index (χ0v) is 21.0. The highest BCUT2D eigenvalue weighted by Crippen LogP contribution is 2.31. The highest BCUT2D eigenvalue weighted by molar-refractivity contribution is 9.10. The van der Waals surface area contributed by atoms with Crippen LogP contribution in [0.2, 0.25) is 0 Å². The first-order valence-electron chi connectivity index (χ1n) is 10.0. The van der Waals surface area contributed by atoms with Crippen molar-refractivity contribution in [1.82, 2.24) is 4.57 Å². The van der Waals surface area contributed by atoms with Gasteiger partial charge >= 0.3 is 5.97 Å². The molecule has 0 radical (unpaired) electrons. The third kappa shape index (κ3) is 4.40. The number of thioether (sulfide) groups is 1. The van der Waals surface area contributed by atoms with Crippen molar-refractivity contribution in [3.8, 4) is 0 Å². The molecule has 4 rings (SSSR count). The average molecular weight is 529 g/mol. The molecule has 1 aliphatic heterocycles. The van der Waals surface area contributed by atoms with E-state index in [0.29, 0.717) is 20.6 Å². The van der Waals surface area contributed by atoms with Crippen LogP contribution in [0.3, 0.4) is 0 Å². The quantitative estimate of drug-likeness (QED) is 0.366. The van der Waals surface area contributed by atoms with Crippen LogP contribution in [0.25, 0.3) is 6.08 Å². The minimum absolute atomic E-state index is 0.176. The number of hydrogen-bond acceptors (Lipinski definition) is 6. The van der Waals surface area contributed by atoms with Gasteiger partial charge in [0, 0.05) is 9.37 Å². The lowest BCUT2D eigenvalue weighted by atomic mass is 9.96. The van der Waals surface area contributed by atoms with Crippen LogP contribution in [-0.2, 0) is 9.53 Å². The summed E-state index contributed by atoms with van der Waals surface area (Å²) in [6.07, 6.45) is 3.90. The summed E-state index contributed by atoms with van der Waals surface area (Å²) in [6.45, 7) is 3.80. The largest absolute Gasteiger partial charge is 0.463 e. The van der Waals surface area contributed by atoms with Gasteiger partial charge in [-0.15, -0.1) is 11.8 Å². The number of esters is 1. The molecule has 1 aliphatic rings. The first-order valence-corrected chi connectivity index (χ1v) is 12.9. The highest BCUT2D eigenvalue weighted by Gasteiger charge is 2.33. The van der Waals surface area contributed by atoms with Crippen LogP contribution in [0.1, 0.15) is 31.0 Å². The zero-order chi connectivity index (χ0) is 22.8. The first-order chi connectivity index (χ1) is 15.4. The summed E-state index contributed by atoms with van der Waals surface area (Å²) < 4.78 is 8.41. The molecule has 0 fully saturated rings. The number of rotatable bonds is 5. The predicted molar refractivity (Wildman–Crippen MR) is 133 cm³/mol. The Morgan fingerprint density at radius 1 is 1.22 bits per heavy atom. The Labute approximate surface area is 202 Å². The lowest BCUT2D eigenvalue weighted by Gasteiger charge is -2.24. The minimum Gasteiger partial charge on any atom is -0.463 e. The number of carbonyl (C=O) groups excluding carboxylic acids is 1. The van der Waals surface area contributed by atoms with E-state index < -0.39 is 12.0 Å². The standard InChI is InChI=1S/C24H21BrN2O3S2/c1-4-30-23(29)20-14(2)26-24-27(21(20)16-7-9-17(25)10-8-16)22(28)19(32-24)13-15-5-11-18(31-3)12-6-15/h5-13,21H,4H2,1-3H3/b19-13+. The van der Waals surface area contributed by atoms with Crippen molar-refractivity contribution in [2.45, 2.75) is 24.8 Å². The van der Waals surface area contributed by atoms with Crippen molar-refractivity contribution in [1.29, 1.82) is 0 Å². The summed E-state index contributed by atoms with van der Waals surface area (Å²) in [6, 6.07) is 15.1. The Bertz CT molecular complexity index is 1370. The molecule has 2 aromatic carbocycles. The first kappa shape index (κ1) is 22.8. The van der Waals surface area contributed by atoms with E-state index in [1.54, 1.807) is 30.2 Å². The van der Waals surface area contributed by atoms with Crippen LogP contribution in [0.15, 0.2) is 79.0 Å². The van der Waals surface area contributed by atoms with Crippen LogP contribution in [0.5, 0.6) is 0 Å². The van der Waals surface area contributed by atoms with Crippen LogP contribution in [0.4, 0.5) is 0 Å². The summed E-state index contributed by atoms with van der Waals surface area (Å²) in [7, 11) is 0. The van der Waals surface area contributed by atoms with Gasteiger partial charge in [0.15, 0.2) is 4.80 Å². The number of thiazole rings is 1. The van der Waals surface area contributed by atoms with E-state index in [0.717, 1.165) is 20.5 Å². The second-order valence-corrected chi connectivity index (χ2v) is 9.93. The second kappa shape index (κ2) is 9.60. The maximum atomic E-state index is 13.5. The number of benzene rings is 2. The van der Waals surface area contributed by atoms with E-state index in [1.165, 1.54) is 11.3 Å². The van der Waals surface area contributed by atoms with Gasteiger partial charge < -0.3 is 4.74 Å². The molecule has 5 nitrogen and oxygen atoms in total. The molecule has 3 aromatic rings. The molecule has 0 N–H and O–H groups in total. The van der Waals surface area contributed by atoms with E-state index in [2.05, 4.69) is 20.9 Å². The summed E-state index contributed by atoms with van der Waals surface area (Å²) in [5.74, 6) is -0.455. The third-order valence-corrected chi connectivity index (χ3v) is 7.37. The molecule has 1 atom stereocenters. The predicted octanol–water partition coefficient (Wildman–Crippen LogP) is 4.28. The lowest BCUT2D eigenvalue weighted by molar-refractivity contribution is -0.139. The molecule has 164 valence electrons. The Kier molecular flexibility index (Phi) is 6.83. The van der Waals surface area contributed by atoms with Gasteiger partial charge in [0.25, 0.3) is 5.56 Å². The Morgan fingerprint density at radius 3 is 2.53 bits per heavy atom. The highest BCUT2D eigenvalue weighted by atomic mass is 79.9. The molecule has 0 bridgehead atoms. The lowest BCUT2D eigenvalue weighted by Crippen LogP contribution is -2.39. The van der Waals surface area contributed by atoms with Crippen LogP contribution in [0, 0.1) is 0 Å². The Hall–Kier alpha value is -2.42. The van der Waals surface area contributed by atoms with E-state index in [1.807, 2.05) is 60.9 Å². The van der Waals surface area contributed by atoms with Crippen molar-refractivity contribution in [3.05, 3.63) is 95.1 Å². The van der Waals surface area contributed by atoms with Crippen molar-refractivity contribution < 1.29 is 9.53 Å². The number of aromatic nitrogens is 1. The van der Waals surface area contributed by atoms with Gasteiger partial charge in [0.1, 0.15) is 0 Å². The minimum atomic E-state index is -0.598. The number of carbonyl (C=O) groups is 1. The third-order valence-electron chi connectivity index (χ3n) is 5.12. The Balaban J connectivity index is 1.92. The van der Waals surface area contributed by atoms with E-state index in [4.69, 9.17) is 4.74 Å². The average Bonchev–Trinajstić information content (AvgIpc) is 3.08. The van der Waals surface area contributed by atoms with Crippen LogP contribution < -0.4 is 14.9 Å². The fraction of sp³-hybridized carbons (Fsp3) is 0.208. The molecule has 2 heterocycles. The molecule has 0 spiro atoms. The van der Waals surface area contributed by atoms with Gasteiger partial charge in [-0.3, -0.25) is 9.36 Å². The second-order valence-electron chi connectivity index (χ2n) is 7.13. The molecular formula is C24H21BrN2O3S2. The summed E-state index contributed by atoms with van der Waals surface area (Å²) >= 11 is 6.45. The fourth-order valence-corrected chi connectivity index (χ4v) is 5.32. The smallest absolute Gasteiger partial charge is 0.338 e. The summed E-state index contributed by atoms with van der Waals surface area (Å²) in [5, 5.41) is 0. The maximum Gasteiger partial charge on any atom is 0.338 e. The number of allylic oxidation sites excluding steroid dienone is 1. The molecule has 1 aromatic heterocycles. The SMILES string of the molecule is CCOC(=O)C1=C(C)N=c2s/c(=C/c3ccc(SC)cc3)c(=O)n2C1c1ccc(Br)cc1. The van der Waals surface area contributed by atoms with Gasteiger partial charge in [-0.25, -0.2) is 9.79 Å². The van der Waals surface area contributed by atoms with Gasteiger partial charge in [-0.2, -0.15) is 0 Å². The van der Waals surface area contributed by atoms with E-state index in [-0.39, 0.29) is 12.2 Å². The molecule has 8 heteroatoms. The molecule has 0 saturated heterocycles. The van der Waals surface area contributed by atoms with Gasteiger partial charge in [-0.05, 0) is 61.6 Å². The van der Waals surface area contributed by atoms with Gasteiger partial charge in [-0.1, -0.05) is 51.5 Å². The molecule has 0 aliphatic carbocycles. The topological polar surface area (TPSA) is 60.7 Å². The summed E-state index contributed by atoms with van der Waals surface area (Å²) in [5.41, 5.74) is 2.54. The fourth-order valence-electron chi connectivity index (χ4n) is 3.60. The zero-order valence-electron chi connectivity index (χ0n) is 17.8. The number of fused-ring (bicyclic) bond motifs is 1. The normalized spacial score (nSPS) is 16.0. The van der Waals surface area contributed by atoms with Gasteiger partial charge in [0.2, 0.25) is 0 Å². The Morgan fingerprint density at radius 2 is 1.91 bits per heavy atom. The number of ether oxygens (including phenoxy) is 1. The van der Waals surface area contributed by atoms with Crippen LogP contribution >= 0.6 is 39.0 Å². The molecule has 0 amide bonds. The molecule has 32 heavy (non-hydrogen) atoms. The van der Waals surface area contributed by atoms with Crippen molar-refractivity contribution in [2.24, 2.45) is 4.99 Å².